The number of hydrogen-bond acceptors (Lipinski definition) is 4. The second-order valence-electron chi connectivity index (χ2n) is 10.6. The molecular weight excluding hydrogens is 522 g/mol. The Balaban J connectivity index is 0.00000684. The number of benzene rings is 2. The molecule has 0 heterocycles. The predicted molar refractivity (Wildman–Crippen MR) is 148 cm³/mol. The molecule has 202 valence electrons. The van der Waals surface area contributed by atoms with E-state index in [9.17, 15) is 15.0 Å². The van der Waals surface area contributed by atoms with E-state index in [0.29, 0.717) is 28.6 Å². The molecule has 0 aliphatic rings. The number of carboxylic acid groups (broad SMARTS) is 1. The van der Waals surface area contributed by atoms with Gasteiger partial charge in [-0.15, -0.1) is 0 Å². The molecule has 0 spiro atoms. The van der Waals surface area contributed by atoms with E-state index in [4.69, 9.17) is 33.0 Å². The van der Waals surface area contributed by atoms with Gasteiger partial charge in [-0.25, -0.2) is 0 Å². The predicted octanol–water partition coefficient (Wildman–Crippen LogP) is 4.16. The van der Waals surface area contributed by atoms with E-state index in [-0.39, 0.29) is 61.3 Å². The topological polar surface area (TPSA) is 87.0 Å². The van der Waals surface area contributed by atoms with Gasteiger partial charge < -0.3 is 21.5 Å². The zero-order valence-electron chi connectivity index (χ0n) is 24.0. The van der Waals surface area contributed by atoms with Crippen molar-refractivity contribution in [3.8, 4) is 5.75 Å². The van der Waals surface area contributed by atoms with E-state index < -0.39 is 18.2 Å². The Kier molecular flexibility index (Phi) is 14.0. The minimum Gasteiger partial charge on any atom is -1.00 e. The fourth-order valence-electron chi connectivity index (χ4n) is 4.48. The van der Waals surface area contributed by atoms with E-state index in [0.717, 1.165) is 29.5 Å². The zero-order valence-corrected chi connectivity index (χ0v) is 26.5. The van der Waals surface area contributed by atoms with Crippen LogP contribution in [0.5, 0.6) is 5.75 Å². The molecular formula is C29H41Cl2NaO5. The van der Waals surface area contributed by atoms with E-state index >= 15 is 0 Å². The van der Waals surface area contributed by atoms with Crippen LogP contribution in [0.2, 0.25) is 10.0 Å². The summed E-state index contributed by atoms with van der Waals surface area (Å²) in [5.74, 6) is -0.510. The van der Waals surface area contributed by atoms with Crippen LogP contribution in [0.25, 0.3) is 0 Å². The van der Waals surface area contributed by atoms with Crippen molar-refractivity contribution in [2.75, 3.05) is 6.61 Å². The molecule has 2 unspecified atom stereocenters. The third kappa shape index (κ3) is 9.42. The Morgan fingerprint density at radius 2 is 1.54 bits per heavy atom. The van der Waals surface area contributed by atoms with Gasteiger partial charge in [-0.2, -0.15) is 0 Å². The largest absolute Gasteiger partial charge is 1.00 e. The summed E-state index contributed by atoms with van der Waals surface area (Å²) in [6.45, 7) is 10.3. The van der Waals surface area contributed by atoms with Crippen LogP contribution in [0.4, 0.5) is 0 Å². The zero-order chi connectivity index (χ0) is 27.1. The summed E-state index contributed by atoms with van der Waals surface area (Å²) in [4.78, 5) is 10.7. The van der Waals surface area contributed by atoms with Crippen LogP contribution in [0.1, 0.15) is 84.8 Å². The molecule has 3 N–H and O–H groups in total. The monoisotopic (exact) mass is 562 g/mol. The van der Waals surface area contributed by atoms with Crippen molar-refractivity contribution < 1.29 is 55.8 Å². The standard InChI is InChI=1S/C29H40Cl2O5.Na.H/c1-6-29(7-2,20-10-8-19(23(30)16-20)9-14-26(33)28(3,4)5)21-11-13-25(24(31)17-21)36-18-22(32)12-15-27(34)35;;/h8,10-11,13,16-17,22,26,32-33H,6-7,9,12,14-15,18H2,1-5H3,(H,34,35);;/q;+1;-1. The number of carboxylic acids is 1. The summed E-state index contributed by atoms with van der Waals surface area (Å²) in [5.41, 5.74) is 2.70. The summed E-state index contributed by atoms with van der Waals surface area (Å²) in [6, 6.07) is 11.9. The SMILES string of the molecule is CCC(CC)(c1ccc(CCC(O)C(C)(C)C)c(Cl)c1)c1ccc(OCC(O)CCC(=O)O)c(Cl)c1.[H-].[Na+]. The van der Waals surface area contributed by atoms with Gasteiger partial charge in [-0.3, -0.25) is 4.79 Å². The Bertz CT molecular complexity index is 1020. The number of carbonyl (C=O) groups is 1. The van der Waals surface area contributed by atoms with Crippen molar-refractivity contribution in [3.05, 3.63) is 63.1 Å². The van der Waals surface area contributed by atoms with Crippen LogP contribution in [0.3, 0.4) is 0 Å². The Morgan fingerprint density at radius 3 is 2.03 bits per heavy atom. The number of aliphatic hydroxyl groups excluding tert-OH is 2. The number of aryl methyl sites for hydroxylation is 1. The number of aliphatic carboxylic acids is 1. The van der Waals surface area contributed by atoms with Crippen molar-refractivity contribution in [2.24, 2.45) is 5.41 Å². The van der Waals surface area contributed by atoms with Gasteiger partial charge in [-0.1, -0.05) is 76.0 Å². The van der Waals surface area contributed by atoms with Crippen LogP contribution in [0, 0.1) is 5.41 Å². The number of aliphatic hydroxyl groups is 2. The second-order valence-corrected chi connectivity index (χ2v) is 11.4. The summed E-state index contributed by atoms with van der Waals surface area (Å²) < 4.78 is 5.66. The maximum absolute atomic E-state index is 10.7. The van der Waals surface area contributed by atoms with Crippen LogP contribution in [-0.4, -0.2) is 40.1 Å². The van der Waals surface area contributed by atoms with Crippen LogP contribution >= 0.6 is 23.2 Å². The van der Waals surface area contributed by atoms with Crippen LogP contribution in [-0.2, 0) is 16.6 Å². The van der Waals surface area contributed by atoms with E-state index in [1.807, 2.05) is 39.0 Å². The average molecular weight is 564 g/mol. The molecule has 8 heteroatoms. The number of ether oxygens (including phenoxy) is 1. The molecule has 2 rings (SSSR count). The van der Waals surface area contributed by atoms with E-state index in [2.05, 4.69) is 26.0 Å². The average Bonchev–Trinajstić information content (AvgIpc) is 2.82. The van der Waals surface area contributed by atoms with Crippen molar-refractivity contribution in [1.29, 1.82) is 0 Å². The van der Waals surface area contributed by atoms with Gasteiger partial charge in [-0.05, 0) is 72.4 Å². The third-order valence-electron chi connectivity index (χ3n) is 7.11. The molecule has 0 saturated carbocycles. The summed E-state index contributed by atoms with van der Waals surface area (Å²) in [7, 11) is 0. The minimum absolute atomic E-state index is 0. The van der Waals surface area contributed by atoms with Gasteiger partial charge in [0.05, 0.1) is 17.2 Å². The second kappa shape index (κ2) is 15.1. The maximum atomic E-state index is 10.7. The van der Waals surface area contributed by atoms with Gasteiger partial charge in [0.1, 0.15) is 12.4 Å². The van der Waals surface area contributed by atoms with Crippen LogP contribution < -0.4 is 34.3 Å². The summed E-state index contributed by atoms with van der Waals surface area (Å²) >= 11 is 13.3. The molecule has 37 heavy (non-hydrogen) atoms. The first-order valence-corrected chi connectivity index (χ1v) is 13.4. The molecule has 0 saturated heterocycles. The van der Waals surface area contributed by atoms with Gasteiger partial charge in [0, 0.05) is 16.9 Å². The molecule has 2 atom stereocenters. The first-order chi connectivity index (χ1) is 16.8. The van der Waals surface area contributed by atoms with Gasteiger partial charge in [0.15, 0.2) is 0 Å². The quantitative estimate of drug-likeness (QED) is 0.319. The first-order valence-electron chi connectivity index (χ1n) is 12.6. The number of hydrogen-bond donors (Lipinski definition) is 3. The van der Waals surface area contributed by atoms with Crippen molar-refractivity contribution in [1.82, 2.24) is 0 Å². The number of halogens is 2. The molecule has 0 bridgehead atoms. The van der Waals surface area contributed by atoms with Crippen molar-refractivity contribution >= 4 is 29.2 Å². The maximum Gasteiger partial charge on any atom is 1.00 e. The fraction of sp³-hybridized carbons (Fsp3) is 0.552. The third-order valence-corrected chi connectivity index (χ3v) is 7.75. The Hall–Kier alpha value is -0.790. The molecule has 0 aliphatic carbocycles. The molecule has 0 fully saturated rings. The number of rotatable bonds is 13. The van der Waals surface area contributed by atoms with Crippen LogP contribution in [0.15, 0.2) is 36.4 Å². The van der Waals surface area contributed by atoms with Gasteiger partial charge in [0.25, 0.3) is 0 Å². The van der Waals surface area contributed by atoms with Crippen molar-refractivity contribution in [3.63, 3.8) is 0 Å². The van der Waals surface area contributed by atoms with Crippen molar-refractivity contribution in [2.45, 2.75) is 90.8 Å². The molecule has 0 aromatic heterocycles. The first kappa shape index (κ1) is 34.2. The molecule has 0 radical (unpaired) electrons. The minimum atomic E-state index is -0.956. The molecule has 2 aromatic carbocycles. The Morgan fingerprint density at radius 1 is 0.973 bits per heavy atom. The van der Waals surface area contributed by atoms with Gasteiger partial charge >= 0.3 is 35.5 Å². The summed E-state index contributed by atoms with van der Waals surface area (Å²) in [6.07, 6.45) is 1.75. The van der Waals surface area contributed by atoms with Gasteiger partial charge in [0.2, 0.25) is 0 Å². The Labute approximate surface area is 255 Å². The fourth-order valence-corrected chi connectivity index (χ4v) is 4.99. The molecule has 0 aliphatic heterocycles. The van der Waals surface area contributed by atoms with E-state index in [1.165, 1.54) is 0 Å². The molecule has 2 aromatic rings. The van der Waals surface area contributed by atoms with E-state index in [1.54, 1.807) is 6.07 Å². The smallest absolute Gasteiger partial charge is 1.00 e. The normalized spacial score (nSPS) is 13.5. The molecule has 0 amide bonds. The summed E-state index contributed by atoms with van der Waals surface area (Å²) in [5, 5.41) is 30.3. The molecule has 5 nitrogen and oxygen atoms in total.